The van der Waals surface area contributed by atoms with Gasteiger partial charge in [-0.2, -0.15) is 0 Å². The number of Topliss-reactive ketones (excluding diaryl/α,β-unsaturated/α-hetero) is 1. The van der Waals surface area contributed by atoms with Crippen molar-refractivity contribution in [1.82, 2.24) is 15.3 Å². The molecule has 1 amide bonds. The summed E-state index contributed by atoms with van der Waals surface area (Å²) in [6, 6.07) is 12.4. The number of hydrogen-bond donors (Lipinski definition) is 1. The molecule has 1 N–H and O–H groups in total. The average molecular weight is 456 g/mol. The highest BCUT2D eigenvalue weighted by molar-refractivity contribution is 6.42. The average Bonchev–Trinajstić information content (AvgIpc) is 2.71. The number of rotatable bonds is 7. The van der Waals surface area contributed by atoms with Crippen molar-refractivity contribution in [1.29, 1.82) is 0 Å². The summed E-state index contributed by atoms with van der Waals surface area (Å²) in [6.45, 7) is -0.00819. The number of carbonyl (C=O) groups excluding carboxylic acids is 2. The van der Waals surface area contributed by atoms with Crippen molar-refractivity contribution in [3.05, 3.63) is 64.4 Å². The normalized spacial score (nSPS) is 23.5. The molecule has 0 aliphatic heterocycles. The topological polar surface area (TPSA) is 81.2 Å². The Morgan fingerprint density at radius 2 is 1.77 bits per heavy atom. The number of halogens is 2. The summed E-state index contributed by atoms with van der Waals surface area (Å²) in [5.41, 5.74) is 1.50. The fraction of sp³-hybridized carbons (Fsp3) is 0.304. The van der Waals surface area contributed by atoms with Crippen LogP contribution in [-0.2, 0) is 4.79 Å². The number of para-hydroxylation sites is 2. The van der Waals surface area contributed by atoms with Gasteiger partial charge >= 0.3 is 0 Å². The van der Waals surface area contributed by atoms with E-state index in [-0.39, 0.29) is 29.3 Å². The molecule has 0 saturated heterocycles. The minimum Gasteiger partial charge on any atom is -0.486 e. The lowest BCUT2D eigenvalue weighted by molar-refractivity contribution is -0.162. The standard InChI is InChI=1S/C23H19Cl2N3O3/c24-16-6-5-15(7-17(16)25)31-10-14(29)8-22-11-23(12-22,13-22)28-21(30)20-9-26-18-3-1-2-4-19(18)27-20/h1-7,9H,8,10-13H2,(H,28,30). The van der Waals surface area contributed by atoms with Crippen molar-refractivity contribution < 1.29 is 14.3 Å². The molecule has 0 spiro atoms. The second-order valence-corrected chi connectivity index (χ2v) is 9.40. The Balaban J connectivity index is 1.12. The van der Waals surface area contributed by atoms with Crippen molar-refractivity contribution in [2.75, 3.05) is 6.61 Å². The van der Waals surface area contributed by atoms with Crippen LogP contribution in [0.1, 0.15) is 36.2 Å². The van der Waals surface area contributed by atoms with E-state index in [4.69, 9.17) is 27.9 Å². The lowest BCUT2D eigenvalue weighted by Crippen LogP contribution is -2.75. The number of amides is 1. The van der Waals surface area contributed by atoms with Crippen LogP contribution in [0, 0.1) is 5.41 Å². The SMILES string of the molecule is O=C(COc1ccc(Cl)c(Cl)c1)CC12CC(NC(=O)c3cnc4ccccc4n3)(C1)C2. The fourth-order valence-electron chi connectivity index (χ4n) is 4.89. The van der Waals surface area contributed by atoms with Gasteiger partial charge in [0.25, 0.3) is 5.91 Å². The van der Waals surface area contributed by atoms with Crippen LogP contribution < -0.4 is 10.1 Å². The van der Waals surface area contributed by atoms with E-state index in [2.05, 4.69) is 15.3 Å². The Hall–Kier alpha value is -2.70. The van der Waals surface area contributed by atoms with Crippen LogP contribution >= 0.6 is 23.2 Å². The molecule has 8 heteroatoms. The van der Waals surface area contributed by atoms with Gasteiger partial charge < -0.3 is 10.1 Å². The Bertz CT molecular complexity index is 1190. The van der Waals surface area contributed by atoms with Gasteiger partial charge in [-0.05, 0) is 48.9 Å². The molecule has 158 valence electrons. The zero-order chi connectivity index (χ0) is 21.6. The van der Waals surface area contributed by atoms with Gasteiger partial charge in [-0.15, -0.1) is 0 Å². The third kappa shape index (κ3) is 3.86. The van der Waals surface area contributed by atoms with Gasteiger partial charge in [0.05, 0.1) is 27.3 Å². The summed E-state index contributed by atoms with van der Waals surface area (Å²) in [4.78, 5) is 33.7. The number of nitrogens with one attached hydrogen (secondary N) is 1. The van der Waals surface area contributed by atoms with Gasteiger partial charge in [0, 0.05) is 18.0 Å². The van der Waals surface area contributed by atoms with Crippen LogP contribution in [0.2, 0.25) is 10.0 Å². The highest BCUT2D eigenvalue weighted by Crippen LogP contribution is 2.69. The summed E-state index contributed by atoms with van der Waals surface area (Å²) >= 11 is 11.8. The van der Waals surface area contributed by atoms with Crippen LogP contribution in [0.25, 0.3) is 11.0 Å². The number of nitrogens with zero attached hydrogens (tertiary/aromatic N) is 2. The summed E-state index contributed by atoms with van der Waals surface area (Å²) in [5.74, 6) is 0.326. The Kier molecular flexibility index (Phi) is 4.87. The van der Waals surface area contributed by atoms with Crippen LogP contribution in [0.4, 0.5) is 0 Å². The Morgan fingerprint density at radius 1 is 1.03 bits per heavy atom. The molecule has 0 unspecified atom stereocenters. The van der Waals surface area contributed by atoms with Crippen LogP contribution in [0.15, 0.2) is 48.7 Å². The predicted octanol–water partition coefficient (Wildman–Crippen LogP) is 4.63. The van der Waals surface area contributed by atoms with Crippen LogP contribution in [0.5, 0.6) is 5.75 Å². The van der Waals surface area contributed by atoms with Crippen LogP contribution in [0.3, 0.4) is 0 Å². The molecule has 6 nitrogen and oxygen atoms in total. The molecule has 0 radical (unpaired) electrons. The van der Waals surface area contributed by atoms with E-state index >= 15 is 0 Å². The minimum atomic E-state index is -0.227. The third-order valence-corrected chi connectivity index (χ3v) is 6.80. The monoisotopic (exact) mass is 455 g/mol. The number of benzene rings is 2. The molecule has 3 aliphatic rings. The first kappa shape index (κ1) is 20.2. The van der Waals surface area contributed by atoms with E-state index in [9.17, 15) is 9.59 Å². The smallest absolute Gasteiger partial charge is 0.271 e. The maximum absolute atomic E-state index is 12.6. The lowest BCUT2D eigenvalue weighted by atomic mass is 9.38. The van der Waals surface area contributed by atoms with Gasteiger partial charge in [-0.25, -0.2) is 4.98 Å². The van der Waals surface area contributed by atoms with E-state index in [1.54, 1.807) is 18.2 Å². The van der Waals surface area contributed by atoms with Crippen molar-refractivity contribution in [3.63, 3.8) is 0 Å². The first-order valence-corrected chi connectivity index (χ1v) is 10.8. The largest absolute Gasteiger partial charge is 0.486 e. The second-order valence-electron chi connectivity index (χ2n) is 8.59. The van der Waals surface area contributed by atoms with E-state index in [0.717, 1.165) is 24.8 Å². The zero-order valence-electron chi connectivity index (χ0n) is 16.5. The van der Waals surface area contributed by atoms with E-state index in [1.165, 1.54) is 6.20 Å². The summed E-state index contributed by atoms with van der Waals surface area (Å²) < 4.78 is 5.54. The number of carbonyl (C=O) groups is 2. The van der Waals surface area contributed by atoms with Crippen LogP contribution in [-0.4, -0.2) is 33.8 Å². The van der Waals surface area contributed by atoms with Crippen molar-refractivity contribution in [3.8, 4) is 5.75 Å². The molecule has 1 heterocycles. The number of ether oxygens (including phenoxy) is 1. The molecular formula is C23H19Cl2N3O3. The Labute approximate surface area is 188 Å². The third-order valence-electron chi connectivity index (χ3n) is 6.06. The number of ketones is 1. The maximum Gasteiger partial charge on any atom is 0.271 e. The molecule has 3 fully saturated rings. The second kappa shape index (κ2) is 7.46. The minimum absolute atomic E-state index is 0.00819. The summed E-state index contributed by atoms with van der Waals surface area (Å²) in [5, 5.41) is 3.93. The quantitative estimate of drug-likeness (QED) is 0.561. The van der Waals surface area contributed by atoms with Gasteiger partial charge in [0.1, 0.15) is 18.1 Å². The summed E-state index contributed by atoms with van der Waals surface area (Å²) in [6.07, 6.45) is 4.34. The molecule has 31 heavy (non-hydrogen) atoms. The number of hydrogen-bond acceptors (Lipinski definition) is 5. The molecule has 0 atom stereocenters. The first-order chi connectivity index (χ1) is 14.9. The van der Waals surface area contributed by atoms with Crippen molar-refractivity contribution in [2.45, 2.75) is 31.2 Å². The molecule has 1 aromatic heterocycles. The van der Waals surface area contributed by atoms with Gasteiger partial charge in [-0.1, -0.05) is 35.3 Å². The predicted molar refractivity (Wildman–Crippen MR) is 118 cm³/mol. The van der Waals surface area contributed by atoms with Crippen molar-refractivity contribution in [2.24, 2.45) is 5.41 Å². The van der Waals surface area contributed by atoms with E-state index < -0.39 is 0 Å². The molecule has 3 saturated carbocycles. The fourth-order valence-corrected chi connectivity index (χ4v) is 5.18. The van der Waals surface area contributed by atoms with Crippen molar-refractivity contribution >= 4 is 45.9 Å². The van der Waals surface area contributed by atoms with E-state index in [0.29, 0.717) is 33.4 Å². The van der Waals surface area contributed by atoms with E-state index in [1.807, 2.05) is 24.3 Å². The highest BCUT2D eigenvalue weighted by atomic mass is 35.5. The molecular weight excluding hydrogens is 437 g/mol. The first-order valence-electron chi connectivity index (χ1n) is 9.99. The molecule has 2 bridgehead atoms. The zero-order valence-corrected chi connectivity index (χ0v) is 18.0. The van der Waals surface area contributed by atoms with Gasteiger partial charge in [0.2, 0.25) is 0 Å². The van der Waals surface area contributed by atoms with Gasteiger partial charge in [0.15, 0.2) is 5.78 Å². The Morgan fingerprint density at radius 3 is 2.52 bits per heavy atom. The number of aromatic nitrogens is 2. The lowest BCUT2D eigenvalue weighted by Gasteiger charge is -2.70. The molecule has 6 rings (SSSR count). The molecule has 3 aliphatic carbocycles. The molecule has 3 aromatic rings. The molecule has 2 aromatic carbocycles. The summed E-state index contributed by atoms with van der Waals surface area (Å²) in [7, 11) is 0. The van der Waals surface area contributed by atoms with Gasteiger partial charge in [-0.3, -0.25) is 14.6 Å². The maximum atomic E-state index is 12.6. The number of fused-ring (bicyclic) bond motifs is 1. The highest BCUT2D eigenvalue weighted by Gasteiger charge is 2.68.